The first-order valence-electron chi connectivity index (χ1n) is 8.75. The molecule has 0 radical (unpaired) electrons. The van der Waals surface area contributed by atoms with Gasteiger partial charge in [-0.2, -0.15) is 0 Å². The second-order valence-corrected chi connectivity index (χ2v) is 7.46. The number of nitrogens with one attached hydrogen (secondary N) is 1. The largest absolute Gasteiger partial charge is 0.506 e. The van der Waals surface area contributed by atoms with Crippen molar-refractivity contribution >= 4 is 37.8 Å². The Morgan fingerprint density at radius 1 is 0.857 bits per heavy atom. The average molecular weight is 432 g/mol. The molecule has 5 rings (SSSR count). The molecular weight excluding hydrogens is 418 g/mol. The van der Waals surface area contributed by atoms with Crippen LogP contribution in [0.2, 0.25) is 0 Å². The van der Waals surface area contributed by atoms with Crippen LogP contribution < -0.4 is 5.63 Å². The molecule has 0 saturated heterocycles. The first-order valence-corrected chi connectivity index (χ1v) is 9.54. The van der Waals surface area contributed by atoms with Crippen LogP contribution in [0.25, 0.3) is 44.3 Å². The summed E-state index contributed by atoms with van der Waals surface area (Å²) in [5.41, 5.74) is 3.10. The first-order chi connectivity index (χ1) is 13.6. The van der Waals surface area contributed by atoms with Crippen LogP contribution in [-0.4, -0.2) is 10.1 Å². The number of aromatic nitrogens is 1. The Morgan fingerprint density at radius 3 is 2.43 bits per heavy atom. The number of hydrogen-bond donors (Lipinski definition) is 2. The molecule has 0 aliphatic heterocycles. The summed E-state index contributed by atoms with van der Waals surface area (Å²) >= 11 is 3.50. The third-order valence-electron chi connectivity index (χ3n) is 4.86. The molecule has 5 aromatic rings. The Hall–Kier alpha value is -3.31. The lowest BCUT2D eigenvalue weighted by Gasteiger charge is -2.09. The zero-order valence-electron chi connectivity index (χ0n) is 14.6. The molecule has 0 amide bonds. The molecule has 2 heterocycles. The quantitative estimate of drug-likeness (QED) is 0.333. The lowest BCUT2D eigenvalue weighted by molar-refractivity contribution is 0.471. The van der Waals surface area contributed by atoms with Crippen molar-refractivity contribution in [3.63, 3.8) is 0 Å². The number of rotatable bonds is 2. The van der Waals surface area contributed by atoms with Crippen molar-refractivity contribution in [1.82, 2.24) is 4.98 Å². The highest BCUT2D eigenvalue weighted by Gasteiger charge is 2.23. The maximum absolute atomic E-state index is 12.9. The van der Waals surface area contributed by atoms with E-state index in [1.807, 2.05) is 48.5 Å². The molecule has 0 atom stereocenters. The Kier molecular flexibility index (Phi) is 3.84. The standard InChI is InChI=1S/C23H14BrNO3/c24-14-10-11-17-16(12-14)19(21(25-17)13-6-2-1-3-7-13)20-22(26)15-8-4-5-9-18(15)28-23(20)27/h1-12,25-26H. The van der Waals surface area contributed by atoms with E-state index in [-0.39, 0.29) is 11.3 Å². The summed E-state index contributed by atoms with van der Waals surface area (Å²) in [6, 6.07) is 22.5. The van der Waals surface area contributed by atoms with Gasteiger partial charge in [0.05, 0.1) is 11.1 Å². The summed E-state index contributed by atoms with van der Waals surface area (Å²) in [5, 5.41) is 12.3. The Bertz CT molecular complexity index is 1400. The molecule has 0 bridgehead atoms. The maximum Gasteiger partial charge on any atom is 0.348 e. The number of hydrogen-bond acceptors (Lipinski definition) is 3. The third-order valence-corrected chi connectivity index (χ3v) is 5.35. The van der Waals surface area contributed by atoms with Gasteiger partial charge >= 0.3 is 5.63 Å². The van der Waals surface area contributed by atoms with Crippen LogP contribution in [0.15, 0.2) is 86.5 Å². The van der Waals surface area contributed by atoms with Gasteiger partial charge in [0.15, 0.2) is 0 Å². The van der Waals surface area contributed by atoms with E-state index in [1.54, 1.807) is 24.3 Å². The normalized spacial score (nSPS) is 11.3. The molecule has 0 unspecified atom stereocenters. The van der Waals surface area contributed by atoms with E-state index in [1.165, 1.54) is 0 Å². The molecule has 136 valence electrons. The molecule has 5 heteroatoms. The van der Waals surface area contributed by atoms with Crippen LogP contribution in [0, 0.1) is 0 Å². The van der Waals surface area contributed by atoms with Gasteiger partial charge in [-0.05, 0) is 35.9 Å². The van der Waals surface area contributed by atoms with Crippen molar-refractivity contribution in [1.29, 1.82) is 0 Å². The van der Waals surface area contributed by atoms with E-state index < -0.39 is 5.63 Å². The molecule has 0 aliphatic rings. The molecule has 4 nitrogen and oxygen atoms in total. The van der Waals surface area contributed by atoms with Gasteiger partial charge in [0.1, 0.15) is 16.9 Å². The molecule has 0 fully saturated rings. The highest BCUT2D eigenvalue weighted by molar-refractivity contribution is 9.10. The smallest absolute Gasteiger partial charge is 0.348 e. The summed E-state index contributed by atoms with van der Waals surface area (Å²) in [6.45, 7) is 0. The number of halogens is 1. The van der Waals surface area contributed by atoms with Gasteiger partial charge in [0.2, 0.25) is 0 Å². The van der Waals surface area contributed by atoms with E-state index >= 15 is 0 Å². The summed E-state index contributed by atoms with van der Waals surface area (Å²) in [4.78, 5) is 16.3. The number of aromatic amines is 1. The van der Waals surface area contributed by atoms with Crippen molar-refractivity contribution in [2.45, 2.75) is 0 Å². The predicted octanol–water partition coefficient (Wildman–Crippen LogP) is 6.08. The fourth-order valence-electron chi connectivity index (χ4n) is 3.60. The van der Waals surface area contributed by atoms with Crippen LogP contribution in [0.1, 0.15) is 0 Å². The second-order valence-electron chi connectivity index (χ2n) is 6.54. The van der Waals surface area contributed by atoms with Crippen molar-refractivity contribution in [3.05, 3.63) is 87.7 Å². The summed E-state index contributed by atoms with van der Waals surface area (Å²) in [5.74, 6) is -0.0788. The minimum absolute atomic E-state index is 0.0788. The molecule has 0 aliphatic carbocycles. The summed E-state index contributed by atoms with van der Waals surface area (Å²) < 4.78 is 6.41. The number of para-hydroxylation sites is 1. The zero-order valence-corrected chi connectivity index (χ0v) is 16.2. The van der Waals surface area contributed by atoms with Crippen molar-refractivity contribution in [3.8, 4) is 28.1 Å². The van der Waals surface area contributed by atoms with E-state index in [9.17, 15) is 9.90 Å². The van der Waals surface area contributed by atoms with E-state index in [0.717, 1.165) is 26.6 Å². The highest BCUT2D eigenvalue weighted by atomic mass is 79.9. The Morgan fingerprint density at radius 2 is 1.61 bits per heavy atom. The van der Waals surface area contributed by atoms with Gasteiger partial charge < -0.3 is 14.5 Å². The molecular formula is C23H14BrNO3. The highest BCUT2D eigenvalue weighted by Crippen LogP contribution is 2.43. The Labute approximate surface area is 168 Å². The molecule has 0 saturated carbocycles. The third kappa shape index (κ3) is 2.55. The monoisotopic (exact) mass is 431 g/mol. The molecule has 28 heavy (non-hydrogen) atoms. The van der Waals surface area contributed by atoms with Crippen molar-refractivity contribution in [2.24, 2.45) is 0 Å². The van der Waals surface area contributed by atoms with E-state index in [0.29, 0.717) is 16.5 Å². The first kappa shape index (κ1) is 16.8. The second kappa shape index (κ2) is 6.39. The lowest BCUT2D eigenvalue weighted by Crippen LogP contribution is -2.04. The van der Waals surface area contributed by atoms with E-state index in [2.05, 4.69) is 20.9 Å². The fourth-order valence-corrected chi connectivity index (χ4v) is 3.96. The number of H-pyrrole nitrogens is 1. The minimum Gasteiger partial charge on any atom is -0.506 e. The summed E-state index contributed by atoms with van der Waals surface area (Å²) in [7, 11) is 0. The van der Waals surface area contributed by atoms with Crippen molar-refractivity contribution < 1.29 is 9.52 Å². The topological polar surface area (TPSA) is 66.2 Å². The lowest BCUT2D eigenvalue weighted by atomic mass is 9.98. The molecule has 0 spiro atoms. The average Bonchev–Trinajstić information content (AvgIpc) is 3.07. The number of benzene rings is 3. The maximum atomic E-state index is 12.9. The molecule has 3 aromatic carbocycles. The van der Waals surface area contributed by atoms with Crippen LogP contribution in [0.5, 0.6) is 5.75 Å². The van der Waals surface area contributed by atoms with Crippen LogP contribution in [0.3, 0.4) is 0 Å². The van der Waals surface area contributed by atoms with Gasteiger partial charge in [-0.15, -0.1) is 0 Å². The predicted molar refractivity (Wildman–Crippen MR) is 115 cm³/mol. The SMILES string of the molecule is O=c1oc2ccccc2c(O)c1-c1c(-c2ccccc2)[nH]c2ccc(Br)cc12. The summed E-state index contributed by atoms with van der Waals surface area (Å²) in [6.07, 6.45) is 0. The van der Waals surface area contributed by atoms with Gasteiger partial charge in [0.25, 0.3) is 0 Å². The van der Waals surface area contributed by atoms with Gasteiger partial charge in [-0.3, -0.25) is 0 Å². The van der Waals surface area contributed by atoms with E-state index in [4.69, 9.17) is 4.42 Å². The van der Waals surface area contributed by atoms with Gasteiger partial charge in [0, 0.05) is 20.9 Å². The number of aromatic hydroxyl groups is 1. The Balaban J connectivity index is 1.95. The fraction of sp³-hybridized carbons (Fsp3) is 0. The minimum atomic E-state index is -0.575. The number of fused-ring (bicyclic) bond motifs is 2. The van der Waals surface area contributed by atoms with Gasteiger partial charge in [-0.1, -0.05) is 58.4 Å². The van der Waals surface area contributed by atoms with Crippen molar-refractivity contribution in [2.75, 3.05) is 0 Å². The van der Waals surface area contributed by atoms with Crippen LogP contribution in [-0.2, 0) is 0 Å². The van der Waals surface area contributed by atoms with Crippen LogP contribution in [0.4, 0.5) is 0 Å². The zero-order chi connectivity index (χ0) is 19.3. The molecule has 2 aromatic heterocycles. The van der Waals surface area contributed by atoms with Gasteiger partial charge in [-0.25, -0.2) is 4.79 Å². The van der Waals surface area contributed by atoms with Crippen LogP contribution >= 0.6 is 15.9 Å². The molecule has 2 N–H and O–H groups in total.